The molecule has 0 saturated carbocycles. The van der Waals surface area contributed by atoms with Gasteiger partial charge in [-0.15, -0.1) is 0 Å². The Morgan fingerprint density at radius 3 is 1.92 bits per heavy atom. The summed E-state index contributed by atoms with van der Waals surface area (Å²) in [7, 11) is -3.01. The first-order valence-electron chi connectivity index (χ1n) is 21.7. The number of rotatable bonds is 6. The molecule has 5 nitrogen and oxygen atoms in total. The Bertz CT molecular complexity index is 3730. The number of benzene rings is 8. The van der Waals surface area contributed by atoms with Crippen LogP contribution in [0.3, 0.4) is 0 Å². The van der Waals surface area contributed by atoms with Crippen molar-refractivity contribution < 1.29 is 4.39 Å². The van der Waals surface area contributed by atoms with Crippen LogP contribution in [0.4, 0.5) is 21.5 Å². The third-order valence-electron chi connectivity index (χ3n) is 13.4. The van der Waals surface area contributed by atoms with Crippen molar-refractivity contribution in [1.82, 2.24) is 18.9 Å². The minimum atomic E-state index is -3.01. The number of alkyl halides is 1. The smallest absolute Gasteiger partial charge is 0.184 e. The van der Waals surface area contributed by atoms with Crippen molar-refractivity contribution in [2.45, 2.75) is 6.17 Å². The van der Waals surface area contributed by atoms with Gasteiger partial charge in [-0.05, 0) is 91.9 Å². The van der Waals surface area contributed by atoms with E-state index in [9.17, 15) is 0 Å². The van der Waals surface area contributed by atoms with Crippen molar-refractivity contribution in [2.24, 2.45) is 0 Å². The van der Waals surface area contributed by atoms with Gasteiger partial charge in [0.2, 0.25) is 0 Å². The summed E-state index contributed by atoms with van der Waals surface area (Å²) in [5.41, 5.74) is 9.02. The number of aromatic nitrogens is 4. The number of pyridine rings is 2. The standard InChI is InChI=1S/C57H38FN5Si/c58-53(39-29-30-44-45-24-10-11-26-49(45)61-35-34-60-56(61)48(44)37-39)38-16-14-19-41(36-38)63-54-46(47-25-15-33-59-57(47)63)31-32-52-55(54)62(40-17-4-1-5-18-40)50-27-12-13-28-51(50)64(52,42-20-6-2-7-21-42)43-22-8-3-9-23-43/h1-37,53H. The van der Waals surface area contributed by atoms with Crippen LogP contribution in [0, 0.1) is 0 Å². The van der Waals surface area contributed by atoms with Crippen molar-refractivity contribution in [1.29, 1.82) is 0 Å². The van der Waals surface area contributed by atoms with E-state index in [1.54, 1.807) is 0 Å². The van der Waals surface area contributed by atoms with Crippen LogP contribution < -0.4 is 25.6 Å². The van der Waals surface area contributed by atoms with Gasteiger partial charge in [0.05, 0.1) is 16.7 Å². The van der Waals surface area contributed by atoms with Gasteiger partial charge in [0.25, 0.3) is 0 Å². The maximum absolute atomic E-state index is 17.4. The third kappa shape index (κ3) is 5.16. The van der Waals surface area contributed by atoms with E-state index in [-0.39, 0.29) is 0 Å². The minimum Gasteiger partial charge on any atom is -0.309 e. The predicted molar refractivity (Wildman–Crippen MR) is 264 cm³/mol. The second-order valence-corrected chi connectivity index (χ2v) is 20.4. The van der Waals surface area contributed by atoms with E-state index < -0.39 is 14.2 Å². The molecule has 0 aliphatic carbocycles. The van der Waals surface area contributed by atoms with Gasteiger partial charge in [0, 0.05) is 57.2 Å². The first kappa shape index (κ1) is 36.5. The van der Waals surface area contributed by atoms with Gasteiger partial charge in [0.1, 0.15) is 11.3 Å². The lowest BCUT2D eigenvalue weighted by Crippen LogP contribution is -2.77. The first-order chi connectivity index (χ1) is 31.7. The summed E-state index contributed by atoms with van der Waals surface area (Å²) >= 11 is 0. The molecule has 13 rings (SSSR count). The summed E-state index contributed by atoms with van der Waals surface area (Å²) in [5.74, 6) is 0. The summed E-state index contributed by atoms with van der Waals surface area (Å²) in [4.78, 5) is 12.3. The fourth-order valence-corrected chi connectivity index (χ4v) is 15.8. The summed E-state index contributed by atoms with van der Waals surface area (Å²) in [6, 6.07) is 72.9. The molecule has 7 heteroatoms. The molecular formula is C57H38FN5Si. The normalized spacial score (nSPS) is 13.7. The number of hydrogen-bond acceptors (Lipinski definition) is 3. The monoisotopic (exact) mass is 839 g/mol. The molecule has 0 amide bonds. The Morgan fingerprint density at radius 2 is 1.11 bits per heavy atom. The zero-order chi connectivity index (χ0) is 42.4. The number of para-hydroxylation sites is 3. The summed E-state index contributed by atoms with van der Waals surface area (Å²) in [5, 5.41) is 10.4. The van der Waals surface area contributed by atoms with Crippen LogP contribution in [0.15, 0.2) is 225 Å². The fraction of sp³-hybridized carbons (Fsp3) is 0.0175. The van der Waals surface area contributed by atoms with E-state index in [4.69, 9.17) is 9.97 Å². The van der Waals surface area contributed by atoms with Crippen LogP contribution >= 0.6 is 0 Å². The molecule has 0 bridgehead atoms. The largest absolute Gasteiger partial charge is 0.309 e. The lowest BCUT2D eigenvalue weighted by atomic mass is 9.98. The van der Waals surface area contributed by atoms with Crippen LogP contribution in [-0.4, -0.2) is 27.0 Å². The van der Waals surface area contributed by atoms with Crippen molar-refractivity contribution in [3.05, 3.63) is 236 Å². The van der Waals surface area contributed by atoms with Gasteiger partial charge in [-0.2, -0.15) is 0 Å². The predicted octanol–water partition coefficient (Wildman–Crippen LogP) is 11.4. The number of fused-ring (bicyclic) bond motifs is 12. The molecule has 5 heterocycles. The van der Waals surface area contributed by atoms with Crippen molar-refractivity contribution in [3.8, 4) is 5.69 Å². The van der Waals surface area contributed by atoms with Gasteiger partial charge in [0.15, 0.2) is 14.2 Å². The van der Waals surface area contributed by atoms with Gasteiger partial charge in [-0.1, -0.05) is 152 Å². The Morgan fingerprint density at radius 1 is 0.453 bits per heavy atom. The van der Waals surface area contributed by atoms with Crippen LogP contribution in [-0.2, 0) is 0 Å². The van der Waals surface area contributed by atoms with E-state index >= 15 is 4.39 Å². The number of imidazole rings is 1. The molecule has 0 fully saturated rings. The Balaban J connectivity index is 1.09. The van der Waals surface area contributed by atoms with E-state index in [1.165, 1.54) is 20.7 Å². The average molecular weight is 840 g/mol. The van der Waals surface area contributed by atoms with Crippen LogP contribution in [0.2, 0.25) is 0 Å². The summed E-state index contributed by atoms with van der Waals surface area (Å²) < 4.78 is 21.8. The highest BCUT2D eigenvalue weighted by molar-refractivity contribution is 7.21. The Hall–Kier alpha value is -8.13. The topological polar surface area (TPSA) is 38.4 Å². The van der Waals surface area contributed by atoms with Crippen LogP contribution in [0.5, 0.6) is 0 Å². The minimum absolute atomic E-state index is 0.565. The molecule has 8 aromatic carbocycles. The lowest BCUT2D eigenvalue weighted by Gasteiger charge is -2.45. The quantitative estimate of drug-likeness (QED) is 0.124. The maximum Gasteiger partial charge on any atom is 0.184 e. The second kappa shape index (κ2) is 14.2. The SMILES string of the molecule is FC(c1cccc(-n2c3ncccc3c3ccc4c(c32)N(c2ccccc2)c2ccccc2[Si]4(c2ccccc2)c2ccccc2)c1)c1ccc2c3ccccc3n3ccnc3c2c1. The molecule has 0 saturated heterocycles. The molecule has 64 heavy (non-hydrogen) atoms. The average Bonchev–Trinajstić information content (AvgIpc) is 4.01. The van der Waals surface area contributed by atoms with E-state index in [1.807, 2.05) is 73.2 Å². The van der Waals surface area contributed by atoms with Gasteiger partial charge in [-0.3, -0.25) is 8.97 Å². The molecule has 0 spiro atoms. The molecule has 12 aromatic rings. The zero-order valence-electron chi connectivity index (χ0n) is 34.6. The Labute approximate surface area is 369 Å². The molecule has 1 aliphatic heterocycles. The highest BCUT2D eigenvalue weighted by Gasteiger charge is 2.50. The number of hydrogen-bond donors (Lipinski definition) is 0. The van der Waals surface area contributed by atoms with E-state index in [0.717, 1.165) is 72.0 Å². The summed E-state index contributed by atoms with van der Waals surface area (Å²) in [6.45, 7) is 0. The molecular weight excluding hydrogens is 802 g/mol. The number of nitrogens with zero attached hydrogens (tertiary/aromatic N) is 5. The van der Waals surface area contributed by atoms with Crippen LogP contribution in [0.25, 0.3) is 54.9 Å². The molecule has 302 valence electrons. The summed E-state index contributed by atoms with van der Waals surface area (Å²) in [6.07, 6.45) is 4.25. The van der Waals surface area contributed by atoms with Gasteiger partial charge < -0.3 is 4.90 Å². The highest BCUT2D eigenvalue weighted by atomic mass is 28.3. The van der Waals surface area contributed by atoms with Crippen LogP contribution in [0.1, 0.15) is 17.3 Å². The molecule has 0 radical (unpaired) electrons. The van der Waals surface area contributed by atoms with E-state index in [2.05, 4.69) is 166 Å². The molecule has 1 atom stereocenters. The Kier molecular flexibility index (Phi) is 8.10. The molecule has 4 aromatic heterocycles. The lowest BCUT2D eigenvalue weighted by molar-refractivity contribution is 0.402. The number of halogens is 1. The molecule has 1 unspecified atom stereocenters. The maximum atomic E-state index is 17.4. The molecule has 0 N–H and O–H groups in total. The highest BCUT2D eigenvalue weighted by Crippen LogP contribution is 2.45. The second-order valence-electron chi connectivity index (χ2n) is 16.6. The van der Waals surface area contributed by atoms with E-state index in [0.29, 0.717) is 11.1 Å². The molecule has 1 aliphatic rings. The van der Waals surface area contributed by atoms with Crippen molar-refractivity contribution >= 4 is 95.1 Å². The third-order valence-corrected chi connectivity index (χ3v) is 18.2. The van der Waals surface area contributed by atoms with Crippen molar-refractivity contribution in [3.63, 3.8) is 0 Å². The fourth-order valence-electron chi connectivity index (χ4n) is 10.7. The number of anilines is 3. The first-order valence-corrected chi connectivity index (χ1v) is 23.7. The van der Waals surface area contributed by atoms with Gasteiger partial charge >= 0.3 is 0 Å². The van der Waals surface area contributed by atoms with Gasteiger partial charge in [-0.25, -0.2) is 14.4 Å². The zero-order valence-corrected chi connectivity index (χ0v) is 35.6. The van der Waals surface area contributed by atoms with Crippen molar-refractivity contribution in [2.75, 3.05) is 4.90 Å².